The van der Waals surface area contributed by atoms with E-state index < -0.39 is 0 Å². The number of hydrogen-bond donors (Lipinski definition) is 0. The van der Waals surface area contributed by atoms with Gasteiger partial charge in [-0.2, -0.15) is 4.39 Å². The van der Waals surface area contributed by atoms with Crippen LogP contribution in [0.1, 0.15) is 54.4 Å². The van der Waals surface area contributed by atoms with Gasteiger partial charge in [-0.3, -0.25) is 0 Å². The summed E-state index contributed by atoms with van der Waals surface area (Å²) in [7, 11) is 3.36. The van der Waals surface area contributed by atoms with Crippen LogP contribution in [0.25, 0.3) is 0 Å². The molecular weight excluding hydrogens is 201 g/mol. The summed E-state index contributed by atoms with van der Waals surface area (Å²) < 4.78 is 13.1. The molecule has 0 atom stereocenters. The van der Waals surface area contributed by atoms with Gasteiger partial charge in [-0.1, -0.05) is 47.6 Å². The van der Waals surface area contributed by atoms with Gasteiger partial charge >= 0.3 is 0 Å². The lowest BCUT2D eigenvalue weighted by Gasteiger charge is -2.13. The van der Waals surface area contributed by atoms with Crippen LogP contribution in [0.2, 0.25) is 0 Å². The van der Waals surface area contributed by atoms with Gasteiger partial charge in [-0.05, 0) is 18.9 Å². The van der Waals surface area contributed by atoms with E-state index in [1.807, 2.05) is 20.8 Å². The summed E-state index contributed by atoms with van der Waals surface area (Å²) in [5.74, 6) is -0.197. The van der Waals surface area contributed by atoms with Crippen molar-refractivity contribution in [3.8, 4) is 0 Å². The molecule has 0 radical (unpaired) electrons. The Morgan fingerprint density at radius 3 is 1.62 bits per heavy atom. The predicted molar refractivity (Wildman–Crippen MR) is 74.2 cm³/mol. The van der Waals surface area contributed by atoms with Crippen LogP contribution < -0.4 is 0 Å². The molecule has 0 aromatic rings. The first-order valence-electron chi connectivity index (χ1n) is 6.14. The van der Waals surface area contributed by atoms with Crippen molar-refractivity contribution in [1.29, 1.82) is 0 Å². The van der Waals surface area contributed by atoms with Crippen LogP contribution in [-0.4, -0.2) is 19.0 Å². The molecule has 0 aliphatic rings. The maximum atomic E-state index is 13.1. The molecule has 0 saturated heterocycles. The Labute approximate surface area is 102 Å². The van der Waals surface area contributed by atoms with Crippen molar-refractivity contribution in [3.63, 3.8) is 0 Å². The Morgan fingerprint density at radius 1 is 1.12 bits per heavy atom. The van der Waals surface area contributed by atoms with Crippen molar-refractivity contribution in [2.75, 3.05) is 14.1 Å². The normalized spacial score (nSPS) is 10.1. The van der Waals surface area contributed by atoms with Gasteiger partial charge in [0.05, 0.1) is 0 Å². The van der Waals surface area contributed by atoms with Crippen molar-refractivity contribution in [2.24, 2.45) is 0 Å². The Bertz CT molecular complexity index is 193. The van der Waals surface area contributed by atoms with Crippen LogP contribution >= 0.6 is 0 Å². The van der Waals surface area contributed by atoms with Gasteiger partial charge in [-0.25, -0.2) is 0 Å². The summed E-state index contributed by atoms with van der Waals surface area (Å²) in [6, 6.07) is 0. The molecule has 16 heavy (non-hydrogen) atoms. The van der Waals surface area contributed by atoms with Gasteiger partial charge < -0.3 is 4.90 Å². The van der Waals surface area contributed by atoms with E-state index >= 15 is 0 Å². The Kier molecular flexibility index (Phi) is 18.3. The average Bonchev–Trinajstić information content (AvgIpc) is 2.29. The van der Waals surface area contributed by atoms with Crippen LogP contribution in [0.15, 0.2) is 23.7 Å². The fraction of sp³-hybridized carbons (Fsp3) is 0.714. The van der Waals surface area contributed by atoms with Gasteiger partial charge in [0.25, 0.3) is 0 Å². The first-order chi connectivity index (χ1) is 7.42. The van der Waals surface area contributed by atoms with Crippen LogP contribution in [0.4, 0.5) is 4.39 Å². The van der Waals surface area contributed by atoms with Crippen LogP contribution in [0.3, 0.4) is 0 Å². The average molecular weight is 231 g/mol. The smallest absolute Gasteiger partial charge is 0.192 e. The molecule has 98 valence electrons. The van der Waals surface area contributed by atoms with Gasteiger partial charge in [0, 0.05) is 19.7 Å². The van der Waals surface area contributed by atoms with Gasteiger partial charge in [-0.15, -0.1) is 0 Å². The zero-order valence-electron chi connectivity index (χ0n) is 12.4. The quantitative estimate of drug-likeness (QED) is 0.479. The molecule has 0 aliphatic carbocycles. The summed E-state index contributed by atoms with van der Waals surface area (Å²) in [5.41, 5.74) is 1.51. The lowest BCUT2D eigenvalue weighted by molar-refractivity contribution is 0.367. The Hall–Kier alpha value is -0.790. The van der Waals surface area contributed by atoms with E-state index in [1.165, 1.54) is 11.3 Å². The highest BCUT2D eigenvalue weighted by Gasteiger charge is 2.04. The van der Waals surface area contributed by atoms with Gasteiger partial charge in [0.15, 0.2) is 5.95 Å². The standard InChI is InChI=1S/C9H16FN.C3H8.C2H6/c1-6-7(2)8(3)9(10)11(4)5;1-3-2;1-2/h2,6H2,1,3-5H3;3H2,1-2H3;1-2H3/b9-8-;;. The van der Waals surface area contributed by atoms with E-state index in [0.717, 1.165) is 12.0 Å². The lowest BCUT2D eigenvalue weighted by Crippen LogP contribution is -2.09. The third-order valence-electron chi connectivity index (χ3n) is 1.66. The summed E-state index contributed by atoms with van der Waals surface area (Å²) in [4.78, 5) is 1.45. The topological polar surface area (TPSA) is 3.24 Å². The largest absolute Gasteiger partial charge is 0.354 e. The van der Waals surface area contributed by atoms with Gasteiger partial charge in [0.2, 0.25) is 0 Å². The highest BCUT2D eigenvalue weighted by atomic mass is 19.1. The second-order valence-corrected chi connectivity index (χ2v) is 3.47. The van der Waals surface area contributed by atoms with E-state index in [0.29, 0.717) is 5.57 Å². The molecule has 0 aliphatic heterocycles. The van der Waals surface area contributed by atoms with Crippen molar-refractivity contribution < 1.29 is 4.39 Å². The van der Waals surface area contributed by atoms with E-state index in [4.69, 9.17) is 0 Å². The van der Waals surface area contributed by atoms with E-state index in [9.17, 15) is 4.39 Å². The van der Waals surface area contributed by atoms with Crippen molar-refractivity contribution in [3.05, 3.63) is 23.7 Å². The third-order valence-corrected chi connectivity index (χ3v) is 1.66. The highest BCUT2D eigenvalue weighted by molar-refractivity contribution is 5.27. The lowest BCUT2D eigenvalue weighted by atomic mass is 10.1. The monoisotopic (exact) mass is 231 g/mol. The second-order valence-electron chi connectivity index (χ2n) is 3.47. The maximum absolute atomic E-state index is 13.1. The second kappa shape index (κ2) is 14.2. The minimum absolute atomic E-state index is 0.197. The number of rotatable bonds is 3. The molecule has 1 nitrogen and oxygen atoms in total. The third kappa shape index (κ3) is 11.3. The molecule has 2 heteroatoms. The van der Waals surface area contributed by atoms with Gasteiger partial charge in [0.1, 0.15) is 0 Å². The molecule has 0 spiro atoms. The van der Waals surface area contributed by atoms with Crippen LogP contribution in [0.5, 0.6) is 0 Å². The molecule has 0 heterocycles. The van der Waals surface area contributed by atoms with Crippen molar-refractivity contribution in [1.82, 2.24) is 4.90 Å². The molecular formula is C14H30FN. The molecule has 0 N–H and O–H groups in total. The summed E-state index contributed by atoms with van der Waals surface area (Å²) >= 11 is 0. The molecule has 0 unspecified atom stereocenters. The first kappa shape index (κ1) is 20.6. The highest BCUT2D eigenvalue weighted by Crippen LogP contribution is 2.17. The molecule has 0 fully saturated rings. The fourth-order valence-corrected chi connectivity index (χ4v) is 0.746. The zero-order chi connectivity index (χ0) is 13.7. The number of allylic oxidation sites excluding steroid dienone is 2. The minimum atomic E-state index is -0.197. The van der Waals surface area contributed by atoms with Crippen molar-refractivity contribution in [2.45, 2.75) is 54.4 Å². The van der Waals surface area contributed by atoms with Crippen LogP contribution in [0, 0.1) is 0 Å². The molecule has 0 aromatic heterocycles. The summed E-state index contributed by atoms with van der Waals surface area (Å²) in [6.07, 6.45) is 2.05. The number of hydrogen-bond acceptors (Lipinski definition) is 1. The first-order valence-corrected chi connectivity index (χ1v) is 6.14. The SMILES string of the molecule is C=C(CC)/C(C)=C(/F)N(C)C.CC.CCC. The molecule has 0 rings (SSSR count). The van der Waals surface area contributed by atoms with E-state index in [1.54, 1.807) is 21.0 Å². The molecule has 0 aromatic carbocycles. The predicted octanol–water partition coefficient (Wildman–Crippen LogP) is 5.16. The number of halogens is 1. The van der Waals surface area contributed by atoms with Crippen LogP contribution in [-0.2, 0) is 0 Å². The summed E-state index contributed by atoms with van der Waals surface area (Å²) in [6.45, 7) is 15.7. The van der Waals surface area contributed by atoms with E-state index in [2.05, 4.69) is 20.4 Å². The molecule has 0 amide bonds. The number of nitrogens with zero attached hydrogens (tertiary/aromatic N) is 1. The summed E-state index contributed by atoms with van der Waals surface area (Å²) in [5, 5.41) is 0. The van der Waals surface area contributed by atoms with Crippen molar-refractivity contribution >= 4 is 0 Å². The Balaban J connectivity index is -0.000000289. The molecule has 0 saturated carbocycles. The Morgan fingerprint density at radius 2 is 1.44 bits per heavy atom. The molecule has 0 bridgehead atoms. The fourth-order valence-electron chi connectivity index (χ4n) is 0.746. The zero-order valence-corrected chi connectivity index (χ0v) is 12.4. The minimum Gasteiger partial charge on any atom is -0.354 e. The maximum Gasteiger partial charge on any atom is 0.192 e. The van der Waals surface area contributed by atoms with E-state index in [-0.39, 0.29) is 5.95 Å².